The maximum Gasteiger partial charge on any atom is 0.210 e. The van der Waals surface area contributed by atoms with Crippen molar-refractivity contribution in [2.75, 3.05) is 5.84 Å². The molecule has 1 aromatic carbocycles. The highest BCUT2D eigenvalue weighted by molar-refractivity contribution is 7.98. The molecule has 2 heterocycles. The number of nitrogens with two attached hydrogens (primary N) is 1. The molecule has 3 rings (SSSR count). The van der Waals surface area contributed by atoms with Gasteiger partial charge < -0.3 is 5.84 Å². The summed E-state index contributed by atoms with van der Waals surface area (Å²) in [7, 11) is 0. The number of pyridine rings is 1. The average molecular weight is 352 g/mol. The summed E-state index contributed by atoms with van der Waals surface area (Å²) < 4.78 is 1.44. The summed E-state index contributed by atoms with van der Waals surface area (Å²) in [6, 6.07) is 11.0. The van der Waals surface area contributed by atoms with E-state index < -0.39 is 0 Å². The Kier molecular flexibility index (Phi) is 4.52. The minimum Gasteiger partial charge on any atom is -0.335 e. The standard InChI is InChI=1S/C14H11Cl2N5S/c15-11-4-2-1-3-10(11)13-19-20-14(21(13)17)22-8-9-5-6-12(16)18-7-9/h1-7H,8,17H2. The number of halogens is 2. The Balaban J connectivity index is 1.79. The molecule has 2 aromatic heterocycles. The van der Waals surface area contributed by atoms with Crippen LogP contribution in [0.4, 0.5) is 0 Å². The van der Waals surface area contributed by atoms with E-state index in [-0.39, 0.29) is 0 Å². The van der Waals surface area contributed by atoms with E-state index in [9.17, 15) is 0 Å². The predicted molar refractivity (Wildman–Crippen MR) is 89.4 cm³/mol. The van der Waals surface area contributed by atoms with Gasteiger partial charge in [0, 0.05) is 17.5 Å². The Labute approximate surface area is 141 Å². The first-order chi connectivity index (χ1) is 10.6. The number of nitrogen functional groups attached to an aromatic ring is 1. The number of rotatable bonds is 4. The van der Waals surface area contributed by atoms with Crippen LogP contribution in [-0.2, 0) is 5.75 Å². The first-order valence-corrected chi connectivity index (χ1v) is 8.08. The van der Waals surface area contributed by atoms with Gasteiger partial charge >= 0.3 is 0 Å². The van der Waals surface area contributed by atoms with Crippen molar-refractivity contribution in [1.82, 2.24) is 19.9 Å². The van der Waals surface area contributed by atoms with Gasteiger partial charge in [0.2, 0.25) is 5.16 Å². The van der Waals surface area contributed by atoms with Crippen molar-refractivity contribution in [3.63, 3.8) is 0 Å². The third kappa shape index (κ3) is 3.19. The second kappa shape index (κ2) is 6.56. The summed E-state index contributed by atoms with van der Waals surface area (Å²) in [6.45, 7) is 0. The topological polar surface area (TPSA) is 69.6 Å². The third-order valence-corrected chi connectivity index (χ3v) is 4.50. The van der Waals surface area contributed by atoms with E-state index in [0.717, 1.165) is 11.1 Å². The van der Waals surface area contributed by atoms with Crippen molar-refractivity contribution >= 4 is 35.0 Å². The molecule has 112 valence electrons. The normalized spacial score (nSPS) is 10.8. The van der Waals surface area contributed by atoms with E-state index in [2.05, 4.69) is 15.2 Å². The molecule has 0 aliphatic heterocycles. The molecule has 0 aliphatic carbocycles. The summed E-state index contributed by atoms with van der Waals surface area (Å²) in [6.07, 6.45) is 1.72. The van der Waals surface area contributed by atoms with Gasteiger partial charge in [-0.15, -0.1) is 10.2 Å². The summed E-state index contributed by atoms with van der Waals surface area (Å²) in [5.74, 6) is 7.27. The summed E-state index contributed by atoms with van der Waals surface area (Å²) in [5, 5.41) is 9.89. The van der Waals surface area contributed by atoms with Crippen LogP contribution in [0.25, 0.3) is 11.4 Å². The fraction of sp³-hybridized carbons (Fsp3) is 0.0714. The molecule has 0 saturated heterocycles. The second-order valence-corrected chi connectivity index (χ2v) is 6.17. The quantitative estimate of drug-likeness (QED) is 0.441. The molecule has 5 nitrogen and oxygen atoms in total. The van der Waals surface area contributed by atoms with Gasteiger partial charge in [-0.3, -0.25) is 0 Å². The van der Waals surface area contributed by atoms with E-state index in [0.29, 0.717) is 26.9 Å². The van der Waals surface area contributed by atoms with Crippen LogP contribution in [0, 0.1) is 0 Å². The van der Waals surface area contributed by atoms with Gasteiger partial charge in [-0.2, -0.15) is 0 Å². The van der Waals surface area contributed by atoms with Crippen molar-refractivity contribution in [3.05, 3.63) is 58.3 Å². The molecule has 8 heteroatoms. The lowest BCUT2D eigenvalue weighted by molar-refractivity contribution is 0.849. The van der Waals surface area contributed by atoms with Gasteiger partial charge in [0.25, 0.3) is 0 Å². The zero-order chi connectivity index (χ0) is 15.5. The molecule has 0 amide bonds. The SMILES string of the molecule is Nn1c(SCc2ccc(Cl)nc2)nnc1-c1ccccc1Cl. The Hall–Kier alpha value is -1.76. The fourth-order valence-electron chi connectivity index (χ4n) is 1.84. The molecule has 0 aliphatic rings. The molecule has 0 unspecified atom stereocenters. The minimum absolute atomic E-state index is 0.469. The number of hydrogen-bond acceptors (Lipinski definition) is 5. The largest absolute Gasteiger partial charge is 0.335 e. The van der Waals surface area contributed by atoms with E-state index in [1.807, 2.05) is 24.3 Å². The van der Waals surface area contributed by atoms with E-state index in [1.54, 1.807) is 18.3 Å². The predicted octanol–water partition coefficient (Wildman–Crippen LogP) is 3.65. The monoisotopic (exact) mass is 351 g/mol. The van der Waals surface area contributed by atoms with Crippen LogP contribution < -0.4 is 5.84 Å². The molecule has 0 atom stereocenters. The highest BCUT2D eigenvalue weighted by atomic mass is 35.5. The van der Waals surface area contributed by atoms with Crippen molar-refractivity contribution in [1.29, 1.82) is 0 Å². The average Bonchev–Trinajstić information content (AvgIpc) is 2.88. The van der Waals surface area contributed by atoms with E-state index >= 15 is 0 Å². The van der Waals surface area contributed by atoms with Crippen LogP contribution in [0.15, 0.2) is 47.8 Å². The highest BCUT2D eigenvalue weighted by Gasteiger charge is 2.14. The summed E-state index contributed by atoms with van der Waals surface area (Å²) >= 11 is 13.4. The van der Waals surface area contributed by atoms with Gasteiger partial charge in [0.1, 0.15) is 5.15 Å². The van der Waals surface area contributed by atoms with Gasteiger partial charge in [0.15, 0.2) is 5.82 Å². The Morgan fingerprint density at radius 2 is 1.91 bits per heavy atom. The van der Waals surface area contributed by atoms with Crippen LogP contribution >= 0.6 is 35.0 Å². The first-order valence-electron chi connectivity index (χ1n) is 6.34. The molecule has 0 saturated carbocycles. The lowest BCUT2D eigenvalue weighted by Crippen LogP contribution is -2.11. The smallest absolute Gasteiger partial charge is 0.210 e. The van der Waals surface area contributed by atoms with Crippen LogP contribution in [-0.4, -0.2) is 19.9 Å². The fourth-order valence-corrected chi connectivity index (χ4v) is 2.96. The Bertz CT molecular complexity index is 788. The van der Waals surface area contributed by atoms with Crippen molar-refractivity contribution in [3.8, 4) is 11.4 Å². The molecule has 0 bridgehead atoms. The molecule has 0 radical (unpaired) electrons. The van der Waals surface area contributed by atoms with Crippen molar-refractivity contribution in [2.24, 2.45) is 0 Å². The van der Waals surface area contributed by atoms with Gasteiger partial charge in [0.05, 0.1) is 5.02 Å². The lowest BCUT2D eigenvalue weighted by Gasteiger charge is -2.05. The van der Waals surface area contributed by atoms with Gasteiger partial charge in [-0.05, 0) is 23.8 Å². The molecule has 3 aromatic rings. The molecule has 22 heavy (non-hydrogen) atoms. The summed E-state index contributed by atoms with van der Waals surface area (Å²) in [5.41, 5.74) is 1.77. The lowest BCUT2D eigenvalue weighted by atomic mass is 10.2. The molecular weight excluding hydrogens is 341 g/mol. The number of benzene rings is 1. The molecular formula is C14H11Cl2N5S. The van der Waals surface area contributed by atoms with Crippen LogP contribution in [0.1, 0.15) is 5.56 Å². The zero-order valence-electron chi connectivity index (χ0n) is 11.3. The first kappa shape index (κ1) is 15.1. The van der Waals surface area contributed by atoms with Crippen LogP contribution in [0.5, 0.6) is 0 Å². The Morgan fingerprint density at radius 3 is 2.64 bits per heavy atom. The number of thioether (sulfide) groups is 1. The molecule has 2 N–H and O–H groups in total. The zero-order valence-corrected chi connectivity index (χ0v) is 13.6. The maximum atomic E-state index is 6.16. The number of hydrogen-bond donors (Lipinski definition) is 1. The van der Waals surface area contributed by atoms with E-state index in [4.69, 9.17) is 29.0 Å². The molecule has 0 spiro atoms. The Morgan fingerprint density at radius 1 is 1.09 bits per heavy atom. The maximum absolute atomic E-state index is 6.16. The number of nitrogens with zero attached hydrogens (tertiary/aromatic N) is 4. The number of aromatic nitrogens is 4. The van der Waals surface area contributed by atoms with Crippen molar-refractivity contribution in [2.45, 2.75) is 10.9 Å². The van der Waals surface area contributed by atoms with Crippen LogP contribution in [0.3, 0.4) is 0 Å². The van der Waals surface area contributed by atoms with Crippen molar-refractivity contribution < 1.29 is 0 Å². The van der Waals surface area contributed by atoms with E-state index in [1.165, 1.54) is 16.4 Å². The summed E-state index contributed by atoms with van der Waals surface area (Å²) in [4.78, 5) is 4.04. The highest BCUT2D eigenvalue weighted by Crippen LogP contribution is 2.28. The second-order valence-electron chi connectivity index (χ2n) is 4.43. The third-order valence-electron chi connectivity index (χ3n) is 2.94. The minimum atomic E-state index is 0.469. The van der Waals surface area contributed by atoms with Gasteiger partial charge in [-0.25, -0.2) is 9.66 Å². The van der Waals surface area contributed by atoms with Gasteiger partial charge in [-0.1, -0.05) is 53.2 Å². The molecule has 0 fully saturated rings. The van der Waals surface area contributed by atoms with Crippen LogP contribution in [0.2, 0.25) is 10.2 Å².